The predicted molar refractivity (Wildman–Crippen MR) is 60.4 cm³/mol. The number of amides is 2. The van der Waals surface area contributed by atoms with Crippen molar-refractivity contribution in [3.05, 3.63) is 29.3 Å². The summed E-state index contributed by atoms with van der Waals surface area (Å²) >= 11 is 0. The van der Waals surface area contributed by atoms with E-state index in [1.807, 2.05) is 6.07 Å². The van der Waals surface area contributed by atoms with Crippen LogP contribution in [-0.4, -0.2) is 17.4 Å². The number of carbonyl (C=O) groups excluding carboxylic acids is 1. The third-order valence-electron chi connectivity index (χ3n) is 2.48. The van der Waals surface area contributed by atoms with Gasteiger partial charge in [-0.05, 0) is 36.5 Å². The van der Waals surface area contributed by atoms with E-state index >= 15 is 0 Å². The number of nitrogens with zero attached hydrogens (tertiary/aromatic N) is 1. The van der Waals surface area contributed by atoms with Crippen molar-refractivity contribution < 1.29 is 9.90 Å². The molecule has 1 aliphatic carbocycles. The van der Waals surface area contributed by atoms with Crippen LogP contribution in [0.4, 0.5) is 4.79 Å². The number of hydrogen-bond donors (Lipinski definition) is 3. The van der Waals surface area contributed by atoms with E-state index in [1.165, 1.54) is 19.1 Å². The molecule has 2 rings (SSSR count). The molecule has 0 unspecified atom stereocenters. The Kier molecular flexibility index (Phi) is 2.76. The Morgan fingerprint density at radius 3 is 2.88 bits per heavy atom. The fourth-order valence-electron chi connectivity index (χ4n) is 1.51. The molecule has 1 aliphatic rings. The molecule has 5 nitrogen and oxygen atoms in total. The van der Waals surface area contributed by atoms with Gasteiger partial charge in [-0.1, -0.05) is 6.07 Å². The second-order valence-electron chi connectivity index (χ2n) is 3.83. The molecule has 5 heteroatoms. The fraction of sp³-hybridized carbons (Fsp3) is 0.273. The van der Waals surface area contributed by atoms with Crippen molar-refractivity contribution in [2.75, 3.05) is 0 Å². The van der Waals surface area contributed by atoms with E-state index in [2.05, 4.69) is 10.5 Å². The van der Waals surface area contributed by atoms with Crippen molar-refractivity contribution in [2.45, 2.75) is 18.8 Å². The van der Waals surface area contributed by atoms with Gasteiger partial charge in [0.1, 0.15) is 5.75 Å². The van der Waals surface area contributed by atoms with Crippen LogP contribution in [0.2, 0.25) is 0 Å². The van der Waals surface area contributed by atoms with Crippen LogP contribution in [0, 0.1) is 0 Å². The van der Waals surface area contributed by atoms with Crippen molar-refractivity contribution in [3.8, 4) is 5.75 Å². The van der Waals surface area contributed by atoms with Gasteiger partial charge in [0.15, 0.2) is 0 Å². The lowest BCUT2D eigenvalue weighted by Crippen LogP contribution is -2.24. The molecule has 16 heavy (non-hydrogen) atoms. The van der Waals surface area contributed by atoms with Gasteiger partial charge in [-0.15, -0.1) is 0 Å². The molecule has 0 aliphatic heterocycles. The van der Waals surface area contributed by atoms with E-state index in [0.29, 0.717) is 11.5 Å². The zero-order valence-corrected chi connectivity index (χ0v) is 8.68. The van der Waals surface area contributed by atoms with Gasteiger partial charge in [-0.2, -0.15) is 5.10 Å². The number of primary amides is 1. The van der Waals surface area contributed by atoms with Crippen molar-refractivity contribution in [1.29, 1.82) is 0 Å². The van der Waals surface area contributed by atoms with Gasteiger partial charge in [0.25, 0.3) is 0 Å². The van der Waals surface area contributed by atoms with Crippen LogP contribution in [0.5, 0.6) is 5.75 Å². The van der Waals surface area contributed by atoms with Gasteiger partial charge in [-0.3, -0.25) is 0 Å². The lowest BCUT2D eigenvalue weighted by molar-refractivity contribution is 0.249. The largest absolute Gasteiger partial charge is 0.507 e. The van der Waals surface area contributed by atoms with E-state index < -0.39 is 6.03 Å². The molecule has 1 aromatic carbocycles. The average Bonchev–Trinajstić information content (AvgIpc) is 3.03. The molecular formula is C11H13N3O2. The van der Waals surface area contributed by atoms with Crippen molar-refractivity contribution in [3.63, 3.8) is 0 Å². The average molecular weight is 219 g/mol. The number of phenolic OH excluding ortho intramolecular Hbond substituents is 1. The first-order chi connectivity index (χ1) is 7.66. The maximum atomic E-state index is 10.4. The summed E-state index contributed by atoms with van der Waals surface area (Å²) in [5.74, 6) is 0.764. The number of benzene rings is 1. The van der Waals surface area contributed by atoms with E-state index in [9.17, 15) is 9.90 Å². The quantitative estimate of drug-likeness (QED) is 0.528. The third-order valence-corrected chi connectivity index (χ3v) is 2.48. The molecule has 84 valence electrons. The van der Waals surface area contributed by atoms with E-state index in [4.69, 9.17) is 5.73 Å². The highest BCUT2D eigenvalue weighted by atomic mass is 16.3. The molecule has 1 aromatic rings. The summed E-state index contributed by atoms with van der Waals surface area (Å²) in [5, 5.41) is 13.3. The number of aromatic hydroxyl groups is 1. The first-order valence-corrected chi connectivity index (χ1v) is 5.08. The standard InChI is InChI=1S/C11H13N3O2/c12-11(16)14-13-6-9-4-3-8(5-10(9)15)7-1-2-7/h3-7,15H,1-2H2,(H3,12,14,16). The molecule has 2 amide bonds. The number of hydrazone groups is 1. The molecule has 0 bridgehead atoms. The smallest absolute Gasteiger partial charge is 0.332 e. The molecule has 0 radical (unpaired) electrons. The number of nitrogens with one attached hydrogen (secondary N) is 1. The number of hydrogen-bond acceptors (Lipinski definition) is 3. The highest BCUT2D eigenvalue weighted by Gasteiger charge is 2.23. The van der Waals surface area contributed by atoms with Gasteiger partial charge in [0.2, 0.25) is 0 Å². The summed E-state index contributed by atoms with van der Waals surface area (Å²) in [4.78, 5) is 10.4. The molecular weight excluding hydrogens is 206 g/mol. The van der Waals surface area contributed by atoms with Gasteiger partial charge in [-0.25, -0.2) is 10.2 Å². The van der Waals surface area contributed by atoms with Crippen LogP contribution >= 0.6 is 0 Å². The maximum Gasteiger partial charge on any atom is 0.332 e. The summed E-state index contributed by atoms with van der Waals surface area (Å²) in [6.07, 6.45) is 3.74. The van der Waals surface area contributed by atoms with Gasteiger partial charge >= 0.3 is 6.03 Å². The molecule has 0 heterocycles. The first-order valence-electron chi connectivity index (χ1n) is 5.08. The molecule has 4 N–H and O–H groups in total. The zero-order valence-electron chi connectivity index (χ0n) is 8.68. The monoisotopic (exact) mass is 219 g/mol. The Hall–Kier alpha value is -2.04. The summed E-state index contributed by atoms with van der Waals surface area (Å²) in [7, 11) is 0. The summed E-state index contributed by atoms with van der Waals surface area (Å²) in [6, 6.07) is 4.74. The molecule has 1 saturated carbocycles. The van der Waals surface area contributed by atoms with Crippen LogP contribution in [-0.2, 0) is 0 Å². The molecule has 0 saturated heterocycles. The lowest BCUT2D eigenvalue weighted by atomic mass is 10.1. The van der Waals surface area contributed by atoms with Gasteiger partial charge in [0.05, 0.1) is 6.21 Å². The molecule has 0 spiro atoms. The Balaban J connectivity index is 2.09. The fourth-order valence-corrected chi connectivity index (χ4v) is 1.51. The molecule has 1 fully saturated rings. The van der Waals surface area contributed by atoms with Crippen LogP contribution in [0.3, 0.4) is 0 Å². The Bertz CT molecular complexity index is 439. The number of carbonyl (C=O) groups is 1. The van der Waals surface area contributed by atoms with Crippen LogP contribution in [0.25, 0.3) is 0 Å². The Morgan fingerprint density at radius 2 is 2.31 bits per heavy atom. The maximum absolute atomic E-state index is 10.4. The first kappa shape index (κ1) is 10.5. The zero-order chi connectivity index (χ0) is 11.5. The SMILES string of the molecule is NC(=O)NN=Cc1ccc(C2CC2)cc1O. The van der Waals surface area contributed by atoms with E-state index in [0.717, 1.165) is 5.56 Å². The van der Waals surface area contributed by atoms with Crippen LogP contribution in [0.1, 0.15) is 29.9 Å². The number of phenols is 1. The highest BCUT2D eigenvalue weighted by Crippen LogP contribution is 2.41. The minimum Gasteiger partial charge on any atom is -0.507 e. The second kappa shape index (κ2) is 4.22. The van der Waals surface area contributed by atoms with Crippen LogP contribution in [0.15, 0.2) is 23.3 Å². The normalized spacial score (nSPS) is 15.2. The number of urea groups is 1. The Morgan fingerprint density at radius 1 is 1.56 bits per heavy atom. The minimum atomic E-state index is -0.731. The third kappa shape index (κ3) is 2.50. The summed E-state index contributed by atoms with van der Waals surface area (Å²) in [6.45, 7) is 0. The summed E-state index contributed by atoms with van der Waals surface area (Å²) < 4.78 is 0. The number of nitrogens with two attached hydrogens (primary N) is 1. The number of rotatable bonds is 3. The van der Waals surface area contributed by atoms with Crippen LogP contribution < -0.4 is 11.2 Å². The van der Waals surface area contributed by atoms with Gasteiger partial charge < -0.3 is 10.8 Å². The van der Waals surface area contributed by atoms with E-state index in [-0.39, 0.29) is 5.75 Å². The molecule has 0 atom stereocenters. The van der Waals surface area contributed by atoms with Crippen molar-refractivity contribution in [2.24, 2.45) is 10.8 Å². The highest BCUT2D eigenvalue weighted by molar-refractivity contribution is 5.84. The van der Waals surface area contributed by atoms with Crippen molar-refractivity contribution >= 4 is 12.2 Å². The molecule has 0 aromatic heterocycles. The topological polar surface area (TPSA) is 87.7 Å². The van der Waals surface area contributed by atoms with Gasteiger partial charge in [0, 0.05) is 5.56 Å². The second-order valence-corrected chi connectivity index (χ2v) is 3.83. The van der Waals surface area contributed by atoms with E-state index in [1.54, 1.807) is 12.1 Å². The minimum absolute atomic E-state index is 0.166. The lowest BCUT2D eigenvalue weighted by Gasteiger charge is -2.02. The predicted octanol–water partition coefficient (Wildman–Crippen LogP) is 1.27. The van der Waals surface area contributed by atoms with Crippen molar-refractivity contribution in [1.82, 2.24) is 5.43 Å². The summed E-state index contributed by atoms with van der Waals surface area (Å²) in [5.41, 5.74) is 8.61. The Labute approximate surface area is 93.0 Å².